The van der Waals surface area contributed by atoms with Gasteiger partial charge in [-0.15, -0.1) is 0 Å². The highest BCUT2D eigenvalue weighted by molar-refractivity contribution is 6.28. The Bertz CT molecular complexity index is 1120. The van der Waals surface area contributed by atoms with Gasteiger partial charge in [-0.1, -0.05) is 24.3 Å². The number of ether oxygens (including phenoxy) is 1. The van der Waals surface area contributed by atoms with Crippen molar-refractivity contribution in [3.05, 3.63) is 70.5 Å². The molecule has 1 heterocycles. The van der Waals surface area contributed by atoms with Gasteiger partial charge in [-0.05, 0) is 19.1 Å². The minimum Gasteiger partial charge on any atom is -0.507 e. The Morgan fingerprint density at radius 2 is 1.86 bits per heavy atom. The number of hydrazone groups is 1. The van der Waals surface area contributed by atoms with E-state index in [0.29, 0.717) is 22.4 Å². The molecule has 4 rings (SSSR count). The molecule has 28 heavy (non-hydrogen) atoms. The lowest BCUT2D eigenvalue weighted by atomic mass is 9.88. The quantitative estimate of drug-likeness (QED) is 0.828. The highest BCUT2D eigenvalue weighted by Crippen LogP contribution is 2.32. The van der Waals surface area contributed by atoms with E-state index in [1.165, 1.54) is 12.1 Å². The molecule has 0 saturated heterocycles. The van der Waals surface area contributed by atoms with Gasteiger partial charge in [-0.3, -0.25) is 9.59 Å². The largest absolute Gasteiger partial charge is 0.507 e. The molecule has 8 nitrogen and oxygen atoms in total. The van der Waals surface area contributed by atoms with E-state index in [1.54, 1.807) is 31.2 Å². The summed E-state index contributed by atoms with van der Waals surface area (Å²) >= 11 is 0. The summed E-state index contributed by atoms with van der Waals surface area (Å²) in [7, 11) is 0. The molecule has 0 atom stereocenters. The molecule has 1 aliphatic carbocycles. The SMILES string of the molecule is CC1=C2OCC(=O)N(c3ccc(C(=O)O)c(O)c3)N=C2c2ccccc2C1=O. The number of benzene rings is 2. The number of phenols is 1. The highest BCUT2D eigenvalue weighted by Gasteiger charge is 2.34. The summed E-state index contributed by atoms with van der Waals surface area (Å²) in [5.41, 5.74) is 1.53. The summed E-state index contributed by atoms with van der Waals surface area (Å²) in [5.74, 6) is -2.29. The number of amides is 1. The van der Waals surface area contributed by atoms with E-state index in [0.717, 1.165) is 11.1 Å². The van der Waals surface area contributed by atoms with Crippen LogP contribution in [0, 0.1) is 0 Å². The van der Waals surface area contributed by atoms with Crippen molar-refractivity contribution in [2.75, 3.05) is 11.6 Å². The average molecular weight is 378 g/mol. The van der Waals surface area contributed by atoms with E-state index in [1.807, 2.05) is 0 Å². The van der Waals surface area contributed by atoms with E-state index in [9.17, 15) is 19.5 Å². The number of aromatic carboxylic acids is 1. The van der Waals surface area contributed by atoms with Gasteiger partial charge in [0, 0.05) is 22.8 Å². The Morgan fingerprint density at radius 1 is 1.14 bits per heavy atom. The number of aromatic hydroxyl groups is 1. The Hall–Kier alpha value is -3.94. The maximum atomic E-state index is 12.6. The van der Waals surface area contributed by atoms with Crippen molar-refractivity contribution in [2.24, 2.45) is 5.10 Å². The van der Waals surface area contributed by atoms with Crippen LogP contribution in [0.4, 0.5) is 5.69 Å². The molecule has 8 heteroatoms. The Kier molecular flexibility index (Phi) is 3.96. The Morgan fingerprint density at radius 3 is 2.54 bits per heavy atom. The number of allylic oxidation sites excluding steroid dienone is 2. The summed E-state index contributed by atoms with van der Waals surface area (Å²) in [4.78, 5) is 36.3. The van der Waals surface area contributed by atoms with Crippen LogP contribution in [0.2, 0.25) is 0 Å². The molecule has 0 radical (unpaired) electrons. The molecule has 2 aromatic rings. The third-order valence-electron chi connectivity index (χ3n) is 4.56. The van der Waals surface area contributed by atoms with Crippen molar-refractivity contribution in [3.8, 4) is 5.75 Å². The maximum Gasteiger partial charge on any atom is 0.339 e. The molecule has 1 amide bonds. The zero-order valence-corrected chi connectivity index (χ0v) is 14.7. The number of anilines is 1. The molecule has 0 aromatic heterocycles. The van der Waals surface area contributed by atoms with E-state index >= 15 is 0 Å². The normalized spacial score (nSPS) is 16.0. The molecule has 1 aliphatic heterocycles. The van der Waals surface area contributed by atoms with Gasteiger partial charge in [0.2, 0.25) is 0 Å². The van der Waals surface area contributed by atoms with E-state index in [4.69, 9.17) is 9.84 Å². The van der Waals surface area contributed by atoms with Crippen molar-refractivity contribution in [1.29, 1.82) is 0 Å². The summed E-state index contributed by atoms with van der Waals surface area (Å²) < 4.78 is 5.58. The Labute approximate surface area is 159 Å². The third-order valence-corrected chi connectivity index (χ3v) is 4.56. The number of carboxylic acids is 1. The zero-order chi connectivity index (χ0) is 20.0. The number of ketones is 1. The molecule has 2 N–H and O–H groups in total. The minimum atomic E-state index is -1.29. The first kappa shape index (κ1) is 17.5. The Balaban J connectivity index is 1.89. The fourth-order valence-corrected chi connectivity index (χ4v) is 3.15. The average Bonchev–Trinajstić information content (AvgIpc) is 2.85. The van der Waals surface area contributed by atoms with Crippen LogP contribution in [-0.4, -0.2) is 40.2 Å². The van der Waals surface area contributed by atoms with Gasteiger partial charge in [0.1, 0.15) is 17.0 Å². The predicted octanol–water partition coefficient (Wildman–Crippen LogP) is 2.33. The lowest BCUT2D eigenvalue weighted by Gasteiger charge is -2.20. The molecular formula is C20H14N2O6. The number of hydrogen-bond donors (Lipinski definition) is 2. The summed E-state index contributed by atoms with van der Waals surface area (Å²) in [6, 6.07) is 10.6. The lowest BCUT2D eigenvalue weighted by molar-refractivity contribution is -0.121. The van der Waals surface area contributed by atoms with Crippen LogP contribution in [0.25, 0.3) is 0 Å². The standard InChI is InChI=1S/C20H14N2O6/c1-10-18(25)13-5-3-2-4-12(13)17-19(10)28-9-16(24)22(21-17)11-6-7-14(20(26)27)15(23)8-11/h2-8,23H,9H2,1H3,(H,26,27). The van der Waals surface area contributed by atoms with Crippen molar-refractivity contribution in [2.45, 2.75) is 6.92 Å². The maximum absolute atomic E-state index is 12.6. The second kappa shape index (κ2) is 6.34. The van der Waals surface area contributed by atoms with Crippen molar-refractivity contribution in [1.82, 2.24) is 0 Å². The van der Waals surface area contributed by atoms with Gasteiger partial charge in [-0.2, -0.15) is 10.1 Å². The van der Waals surface area contributed by atoms with E-state index in [-0.39, 0.29) is 29.4 Å². The number of nitrogens with zero attached hydrogens (tertiary/aromatic N) is 2. The monoisotopic (exact) mass is 378 g/mol. The van der Waals surface area contributed by atoms with Crippen molar-refractivity contribution < 1.29 is 29.3 Å². The fraction of sp³-hybridized carbons (Fsp3) is 0.100. The second-order valence-corrected chi connectivity index (χ2v) is 6.28. The summed E-state index contributed by atoms with van der Waals surface area (Å²) in [5, 5.41) is 24.5. The van der Waals surface area contributed by atoms with Gasteiger partial charge in [0.05, 0.1) is 5.69 Å². The topological polar surface area (TPSA) is 116 Å². The molecule has 2 aliphatic rings. The number of fused-ring (bicyclic) bond motifs is 3. The van der Waals surface area contributed by atoms with Crippen LogP contribution < -0.4 is 5.01 Å². The molecular weight excluding hydrogens is 364 g/mol. The van der Waals surface area contributed by atoms with Crippen molar-refractivity contribution in [3.63, 3.8) is 0 Å². The van der Waals surface area contributed by atoms with Crippen LogP contribution in [0.3, 0.4) is 0 Å². The van der Waals surface area contributed by atoms with Gasteiger partial charge < -0.3 is 14.9 Å². The first-order valence-corrected chi connectivity index (χ1v) is 8.34. The fourth-order valence-electron chi connectivity index (χ4n) is 3.15. The number of rotatable bonds is 2. The number of carbonyl (C=O) groups is 3. The van der Waals surface area contributed by atoms with Gasteiger partial charge in [0.15, 0.2) is 18.1 Å². The van der Waals surface area contributed by atoms with Gasteiger partial charge >= 0.3 is 5.97 Å². The van der Waals surface area contributed by atoms with E-state index < -0.39 is 17.6 Å². The number of Topliss-reactive ketones (excluding diaryl/α,β-unsaturated/α-hetero) is 1. The molecule has 0 saturated carbocycles. The summed E-state index contributed by atoms with van der Waals surface area (Å²) in [6.45, 7) is 1.24. The molecule has 0 spiro atoms. The van der Waals surface area contributed by atoms with Crippen LogP contribution in [0.15, 0.2) is 58.9 Å². The summed E-state index contributed by atoms with van der Waals surface area (Å²) in [6.07, 6.45) is 0. The van der Waals surface area contributed by atoms with Crippen LogP contribution >= 0.6 is 0 Å². The van der Waals surface area contributed by atoms with Gasteiger partial charge in [0.25, 0.3) is 5.91 Å². The second-order valence-electron chi connectivity index (χ2n) is 6.28. The number of hydrogen-bond acceptors (Lipinski definition) is 6. The molecule has 2 aromatic carbocycles. The first-order chi connectivity index (χ1) is 13.4. The number of carbonyl (C=O) groups excluding carboxylic acids is 2. The van der Waals surface area contributed by atoms with Gasteiger partial charge in [-0.25, -0.2) is 4.79 Å². The molecule has 140 valence electrons. The van der Waals surface area contributed by atoms with Crippen LogP contribution in [0.1, 0.15) is 33.2 Å². The minimum absolute atomic E-state index is 0.178. The number of carboxylic acid groups (broad SMARTS) is 1. The highest BCUT2D eigenvalue weighted by atomic mass is 16.5. The molecule has 0 fully saturated rings. The zero-order valence-electron chi connectivity index (χ0n) is 14.7. The molecule has 0 unspecified atom stereocenters. The third kappa shape index (κ3) is 2.62. The van der Waals surface area contributed by atoms with Crippen molar-refractivity contribution >= 4 is 29.1 Å². The smallest absolute Gasteiger partial charge is 0.339 e. The first-order valence-electron chi connectivity index (χ1n) is 8.34. The van der Waals surface area contributed by atoms with E-state index in [2.05, 4.69) is 5.10 Å². The predicted molar refractivity (Wildman–Crippen MR) is 98.5 cm³/mol. The lowest BCUT2D eigenvalue weighted by Crippen LogP contribution is -2.28. The van der Waals surface area contributed by atoms with Crippen LogP contribution in [0.5, 0.6) is 5.75 Å². The molecule has 0 bridgehead atoms. The van der Waals surface area contributed by atoms with Crippen LogP contribution in [-0.2, 0) is 9.53 Å².